The molecule has 4 aromatic carbocycles. The normalized spacial score (nSPS) is 11.8. The van der Waals surface area contributed by atoms with Crippen molar-refractivity contribution in [1.29, 1.82) is 0 Å². The number of aryl methyl sites for hydroxylation is 2. The Labute approximate surface area is 181 Å². The van der Waals surface area contributed by atoms with Crippen molar-refractivity contribution in [2.45, 2.75) is 6.92 Å². The molecule has 3 heteroatoms. The fraction of sp³-hybridized carbons (Fsp3) is 0.143. The number of aromatic nitrogens is 2. The maximum atomic E-state index is 5.68. The standard InChI is InChI=1S/C28H24N2O/c1-4-31-19-15-13-18(14-16-19)22-17-25-27(21-10-6-7-11-23(21)29(25)2)28-26(22)20-9-5-8-12-24(20)30(28)3/h5-17H,4H2,1-3H3. The van der Waals surface area contributed by atoms with E-state index in [4.69, 9.17) is 4.74 Å². The molecule has 0 aliphatic carbocycles. The lowest BCUT2D eigenvalue weighted by molar-refractivity contribution is 0.340. The Bertz CT molecular complexity index is 1600. The van der Waals surface area contributed by atoms with E-state index in [-0.39, 0.29) is 0 Å². The van der Waals surface area contributed by atoms with Crippen molar-refractivity contribution in [2.75, 3.05) is 6.61 Å². The first-order valence-corrected chi connectivity index (χ1v) is 10.8. The van der Waals surface area contributed by atoms with Crippen molar-refractivity contribution in [3.63, 3.8) is 0 Å². The van der Waals surface area contributed by atoms with Crippen LogP contribution >= 0.6 is 0 Å². The van der Waals surface area contributed by atoms with Crippen LogP contribution in [0.15, 0.2) is 78.9 Å². The van der Waals surface area contributed by atoms with E-state index in [9.17, 15) is 0 Å². The Hall–Kier alpha value is -3.72. The first-order chi connectivity index (χ1) is 15.2. The van der Waals surface area contributed by atoms with Crippen LogP contribution in [0.2, 0.25) is 0 Å². The van der Waals surface area contributed by atoms with Gasteiger partial charge in [-0.3, -0.25) is 0 Å². The summed E-state index contributed by atoms with van der Waals surface area (Å²) in [6, 6.07) is 28.3. The van der Waals surface area contributed by atoms with Gasteiger partial charge >= 0.3 is 0 Å². The summed E-state index contributed by atoms with van der Waals surface area (Å²) in [4.78, 5) is 0. The molecular weight excluding hydrogens is 380 g/mol. The summed E-state index contributed by atoms with van der Waals surface area (Å²) < 4.78 is 10.4. The number of nitrogens with zero attached hydrogens (tertiary/aromatic N) is 2. The zero-order chi connectivity index (χ0) is 21.1. The Morgan fingerprint density at radius 1 is 0.677 bits per heavy atom. The number of benzene rings is 4. The van der Waals surface area contributed by atoms with Crippen molar-refractivity contribution in [3.05, 3.63) is 78.9 Å². The molecule has 6 aromatic rings. The third-order valence-electron chi connectivity index (χ3n) is 6.52. The van der Waals surface area contributed by atoms with Crippen LogP contribution < -0.4 is 4.74 Å². The minimum Gasteiger partial charge on any atom is -0.494 e. The SMILES string of the molecule is CCOc1ccc(-c2cc3c(c4ccccc4n3C)c3c2c2ccccc2n3C)cc1. The van der Waals surface area contributed by atoms with Gasteiger partial charge in [0.1, 0.15) is 5.75 Å². The summed E-state index contributed by atoms with van der Waals surface area (Å²) in [5.74, 6) is 0.908. The first-order valence-electron chi connectivity index (χ1n) is 10.8. The van der Waals surface area contributed by atoms with E-state index in [1.165, 1.54) is 54.7 Å². The van der Waals surface area contributed by atoms with Gasteiger partial charge in [0.25, 0.3) is 0 Å². The molecule has 3 nitrogen and oxygen atoms in total. The largest absolute Gasteiger partial charge is 0.494 e. The molecule has 0 radical (unpaired) electrons. The van der Waals surface area contributed by atoms with Crippen LogP contribution in [0.25, 0.3) is 54.7 Å². The average Bonchev–Trinajstić information content (AvgIpc) is 3.27. The number of fused-ring (bicyclic) bond motifs is 7. The molecule has 0 N–H and O–H groups in total. The summed E-state index contributed by atoms with van der Waals surface area (Å²) in [5.41, 5.74) is 7.52. The Balaban J connectivity index is 1.83. The van der Waals surface area contributed by atoms with E-state index in [0.29, 0.717) is 6.61 Å². The van der Waals surface area contributed by atoms with Crippen molar-refractivity contribution in [2.24, 2.45) is 14.1 Å². The van der Waals surface area contributed by atoms with Crippen LogP contribution in [-0.2, 0) is 14.1 Å². The average molecular weight is 405 g/mol. The van der Waals surface area contributed by atoms with E-state index in [1.807, 2.05) is 6.92 Å². The second kappa shape index (κ2) is 6.64. The van der Waals surface area contributed by atoms with Gasteiger partial charge in [-0.15, -0.1) is 0 Å². The molecule has 2 heterocycles. The Morgan fingerprint density at radius 3 is 1.97 bits per heavy atom. The molecule has 0 saturated carbocycles. The predicted molar refractivity (Wildman–Crippen MR) is 131 cm³/mol. The van der Waals surface area contributed by atoms with Crippen LogP contribution in [0.1, 0.15) is 6.92 Å². The molecule has 0 atom stereocenters. The van der Waals surface area contributed by atoms with Crippen molar-refractivity contribution < 1.29 is 4.74 Å². The highest BCUT2D eigenvalue weighted by Gasteiger charge is 2.20. The van der Waals surface area contributed by atoms with Crippen LogP contribution in [0, 0.1) is 0 Å². The quantitative estimate of drug-likeness (QED) is 0.309. The van der Waals surface area contributed by atoms with E-state index in [0.717, 1.165) is 5.75 Å². The molecule has 0 fully saturated rings. The van der Waals surface area contributed by atoms with Gasteiger partial charge in [0, 0.05) is 46.7 Å². The highest BCUT2D eigenvalue weighted by Crippen LogP contribution is 2.43. The lowest BCUT2D eigenvalue weighted by Crippen LogP contribution is -1.92. The van der Waals surface area contributed by atoms with Gasteiger partial charge in [-0.1, -0.05) is 48.5 Å². The third-order valence-corrected chi connectivity index (χ3v) is 6.52. The number of para-hydroxylation sites is 2. The number of ether oxygens (including phenoxy) is 1. The molecule has 0 amide bonds. The second-order valence-corrected chi connectivity index (χ2v) is 8.15. The maximum absolute atomic E-state index is 5.68. The predicted octanol–water partition coefficient (Wildman–Crippen LogP) is 7.04. The summed E-state index contributed by atoms with van der Waals surface area (Å²) in [6.45, 7) is 2.69. The van der Waals surface area contributed by atoms with E-state index < -0.39 is 0 Å². The maximum Gasteiger partial charge on any atom is 0.119 e. The minimum atomic E-state index is 0.675. The van der Waals surface area contributed by atoms with Crippen LogP contribution in [0.4, 0.5) is 0 Å². The monoisotopic (exact) mass is 404 g/mol. The van der Waals surface area contributed by atoms with Crippen molar-refractivity contribution in [1.82, 2.24) is 9.13 Å². The molecule has 31 heavy (non-hydrogen) atoms. The fourth-order valence-electron chi connectivity index (χ4n) is 5.12. The van der Waals surface area contributed by atoms with E-state index in [2.05, 4.69) is 102 Å². The molecule has 6 rings (SSSR count). The first kappa shape index (κ1) is 18.1. The molecule has 0 spiro atoms. The molecule has 0 aliphatic rings. The molecule has 2 aromatic heterocycles. The minimum absolute atomic E-state index is 0.675. The van der Waals surface area contributed by atoms with E-state index in [1.54, 1.807) is 0 Å². The van der Waals surface area contributed by atoms with Gasteiger partial charge in [0.2, 0.25) is 0 Å². The molecule has 0 aliphatic heterocycles. The van der Waals surface area contributed by atoms with Gasteiger partial charge in [-0.2, -0.15) is 0 Å². The Morgan fingerprint density at radius 2 is 1.29 bits per heavy atom. The summed E-state index contributed by atoms with van der Waals surface area (Å²) in [5, 5.41) is 5.22. The van der Waals surface area contributed by atoms with Crippen molar-refractivity contribution in [3.8, 4) is 16.9 Å². The van der Waals surface area contributed by atoms with Crippen LogP contribution in [-0.4, -0.2) is 15.7 Å². The summed E-state index contributed by atoms with van der Waals surface area (Å²) in [6.07, 6.45) is 0. The number of rotatable bonds is 3. The summed E-state index contributed by atoms with van der Waals surface area (Å²) >= 11 is 0. The number of hydrogen-bond acceptors (Lipinski definition) is 1. The Kier molecular flexibility index (Phi) is 3.87. The topological polar surface area (TPSA) is 19.1 Å². The molecule has 0 saturated heterocycles. The zero-order valence-corrected chi connectivity index (χ0v) is 18.0. The van der Waals surface area contributed by atoms with Crippen LogP contribution in [0.3, 0.4) is 0 Å². The fourth-order valence-corrected chi connectivity index (χ4v) is 5.12. The van der Waals surface area contributed by atoms with Gasteiger partial charge in [-0.05, 0) is 48.4 Å². The van der Waals surface area contributed by atoms with Gasteiger partial charge in [0.05, 0.1) is 17.6 Å². The molecule has 0 bridgehead atoms. The van der Waals surface area contributed by atoms with Gasteiger partial charge in [0.15, 0.2) is 0 Å². The number of hydrogen-bond donors (Lipinski definition) is 0. The third kappa shape index (κ3) is 2.46. The summed E-state index contributed by atoms with van der Waals surface area (Å²) in [7, 11) is 4.36. The highest BCUT2D eigenvalue weighted by atomic mass is 16.5. The second-order valence-electron chi connectivity index (χ2n) is 8.15. The molecule has 0 unspecified atom stereocenters. The molecular formula is C28H24N2O. The molecule has 152 valence electrons. The van der Waals surface area contributed by atoms with Gasteiger partial charge < -0.3 is 13.9 Å². The van der Waals surface area contributed by atoms with Crippen molar-refractivity contribution >= 4 is 43.6 Å². The van der Waals surface area contributed by atoms with Crippen LogP contribution in [0.5, 0.6) is 5.75 Å². The van der Waals surface area contributed by atoms with Gasteiger partial charge in [-0.25, -0.2) is 0 Å². The van der Waals surface area contributed by atoms with E-state index >= 15 is 0 Å². The lowest BCUT2D eigenvalue weighted by Gasteiger charge is -2.10. The smallest absolute Gasteiger partial charge is 0.119 e. The highest BCUT2D eigenvalue weighted by molar-refractivity contribution is 6.28. The lowest BCUT2D eigenvalue weighted by atomic mass is 9.96. The zero-order valence-electron chi connectivity index (χ0n) is 18.0.